The number of carbonyl (C=O) groups is 2. The highest BCUT2D eigenvalue weighted by atomic mass is 16.6. The maximum absolute atomic E-state index is 12.0. The maximum Gasteiger partial charge on any atom is 0.326 e. The van der Waals surface area contributed by atoms with Crippen LogP contribution in [0.1, 0.15) is 30.6 Å². The van der Waals surface area contributed by atoms with E-state index in [4.69, 9.17) is 5.11 Å². The van der Waals surface area contributed by atoms with Gasteiger partial charge in [-0.05, 0) is 12.0 Å². The number of rotatable bonds is 6. The number of nitro groups is 1. The smallest absolute Gasteiger partial charge is 0.326 e. The molecule has 1 aromatic carbocycles. The molecule has 7 nitrogen and oxygen atoms in total. The van der Waals surface area contributed by atoms with Crippen molar-refractivity contribution in [3.63, 3.8) is 0 Å². The van der Waals surface area contributed by atoms with Crippen molar-refractivity contribution in [2.24, 2.45) is 5.92 Å². The Labute approximate surface area is 115 Å². The zero-order valence-corrected chi connectivity index (χ0v) is 11.2. The van der Waals surface area contributed by atoms with Gasteiger partial charge in [0.25, 0.3) is 11.6 Å². The molecule has 1 aromatic rings. The molecule has 2 atom stereocenters. The average Bonchev–Trinajstić information content (AvgIpc) is 2.43. The summed E-state index contributed by atoms with van der Waals surface area (Å²) in [6.07, 6.45) is 0.589. The van der Waals surface area contributed by atoms with E-state index < -0.39 is 22.8 Å². The monoisotopic (exact) mass is 280 g/mol. The molecule has 0 fully saturated rings. The molecule has 0 unspecified atom stereocenters. The van der Waals surface area contributed by atoms with E-state index in [1.165, 1.54) is 18.2 Å². The number of nitro benzene ring substituents is 1. The number of nitrogens with zero attached hydrogens (tertiary/aromatic N) is 1. The van der Waals surface area contributed by atoms with Gasteiger partial charge in [-0.15, -0.1) is 0 Å². The third-order valence-electron chi connectivity index (χ3n) is 3.08. The Morgan fingerprint density at radius 1 is 1.45 bits per heavy atom. The van der Waals surface area contributed by atoms with Crippen LogP contribution in [0, 0.1) is 16.0 Å². The summed E-state index contributed by atoms with van der Waals surface area (Å²) >= 11 is 0. The van der Waals surface area contributed by atoms with E-state index in [1.807, 2.05) is 6.92 Å². The van der Waals surface area contributed by atoms with E-state index in [0.29, 0.717) is 6.42 Å². The fourth-order valence-electron chi connectivity index (χ4n) is 1.67. The molecule has 0 saturated carbocycles. The van der Waals surface area contributed by atoms with E-state index in [0.717, 1.165) is 6.07 Å². The van der Waals surface area contributed by atoms with Crippen LogP contribution in [0.3, 0.4) is 0 Å². The van der Waals surface area contributed by atoms with Crippen molar-refractivity contribution in [3.8, 4) is 0 Å². The van der Waals surface area contributed by atoms with Crippen LogP contribution in [-0.4, -0.2) is 27.9 Å². The number of hydrogen-bond acceptors (Lipinski definition) is 4. The number of non-ortho nitro benzene ring substituents is 1. The molecule has 0 aliphatic heterocycles. The number of carboxylic acids is 1. The van der Waals surface area contributed by atoms with Crippen LogP contribution in [0.4, 0.5) is 5.69 Å². The second kappa shape index (κ2) is 6.65. The quantitative estimate of drug-likeness (QED) is 0.610. The van der Waals surface area contributed by atoms with Crippen LogP contribution in [0.25, 0.3) is 0 Å². The fraction of sp³-hybridized carbons (Fsp3) is 0.385. The van der Waals surface area contributed by atoms with Crippen LogP contribution >= 0.6 is 0 Å². The lowest BCUT2D eigenvalue weighted by atomic mass is 9.99. The van der Waals surface area contributed by atoms with Gasteiger partial charge in [-0.3, -0.25) is 14.9 Å². The van der Waals surface area contributed by atoms with Crippen LogP contribution in [-0.2, 0) is 4.79 Å². The van der Waals surface area contributed by atoms with Gasteiger partial charge >= 0.3 is 5.97 Å². The minimum atomic E-state index is -1.13. The Kier molecular flexibility index (Phi) is 5.19. The second-order valence-electron chi connectivity index (χ2n) is 4.48. The molecule has 20 heavy (non-hydrogen) atoms. The molecule has 0 heterocycles. The zero-order chi connectivity index (χ0) is 15.3. The Morgan fingerprint density at radius 2 is 2.10 bits per heavy atom. The summed E-state index contributed by atoms with van der Waals surface area (Å²) in [6.45, 7) is 3.53. The van der Waals surface area contributed by atoms with Gasteiger partial charge in [-0.25, -0.2) is 4.79 Å². The van der Waals surface area contributed by atoms with Crippen molar-refractivity contribution in [2.45, 2.75) is 26.3 Å². The molecule has 0 aliphatic carbocycles. The minimum absolute atomic E-state index is 0.0637. The van der Waals surface area contributed by atoms with E-state index in [9.17, 15) is 19.7 Å². The molecule has 0 aliphatic rings. The molecule has 1 amide bonds. The Bertz CT molecular complexity index is 529. The molecule has 2 N–H and O–H groups in total. The standard InChI is InChI=1S/C13H16N2O5/c1-3-8(2)11(13(17)18)14-12(16)9-5-4-6-10(7-9)15(19)20/h4-8,11H,3H2,1-2H3,(H,14,16)(H,17,18)/t8-,11-/m1/s1. The van der Waals surface area contributed by atoms with Crippen LogP contribution in [0.5, 0.6) is 0 Å². The minimum Gasteiger partial charge on any atom is -0.480 e. The summed E-state index contributed by atoms with van der Waals surface area (Å²) in [4.78, 5) is 33.1. The number of nitrogens with one attached hydrogen (secondary N) is 1. The van der Waals surface area contributed by atoms with Crippen LogP contribution in [0.2, 0.25) is 0 Å². The predicted molar refractivity (Wildman–Crippen MR) is 71.4 cm³/mol. The van der Waals surface area contributed by atoms with Crippen molar-refractivity contribution in [1.29, 1.82) is 0 Å². The highest BCUT2D eigenvalue weighted by Gasteiger charge is 2.26. The first kappa shape index (κ1) is 15.6. The highest BCUT2D eigenvalue weighted by molar-refractivity contribution is 5.97. The lowest BCUT2D eigenvalue weighted by Crippen LogP contribution is -2.45. The predicted octanol–water partition coefficient (Wildman–Crippen LogP) is 1.82. The molecular formula is C13H16N2O5. The molecular weight excluding hydrogens is 264 g/mol. The van der Waals surface area contributed by atoms with E-state index in [1.54, 1.807) is 6.92 Å². The SMILES string of the molecule is CC[C@@H](C)[C@@H](NC(=O)c1cccc([N+](=O)[O-])c1)C(=O)O. The van der Waals surface area contributed by atoms with Crippen molar-refractivity contribution in [2.75, 3.05) is 0 Å². The van der Waals surface area contributed by atoms with Crippen molar-refractivity contribution in [3.05, 3.63) is 39.9 Å². The lowest BCUT2D eigenvalue weighted by Gasteiger charge is -2.20. The first-order chi connectivity index (χ1) is 9.36. The van der Waals surface area contributed by atoms with Crippen molar-refractivity contribution in [1.82, 2.24) is 5.32 Å². The van der Waals surface area contributed by atoms with Gasteiger partial charge in [-0.2, -0.15) is 0 Å². The van der Waals surface area contributed by atoms with Gasteiger partial charge in [0.05, 0.1) is 4.92 Å². The van der Waals surface area contributed by atoms with Gasteiger partial charge in [-0.1, -0.05) is 26.3 Å². The summed E-state index contributed by atoms with van der Waals surface area (Å²) in [6, 6.07) is 4.14. The van der Waals surface area contributed by atoms with E-state index in [-0.39, 0.29) is 17.2 Å². The number of aliphatic carboxylic acids is 1. The third kappa shape index (κ3) is 3.78. The Morgan fingerprint density at radius 3 is 2.60 bits per heavy atom. The molecule has 0 spiro atoms. The summed E-state index contributed by atoms with van der Waals surface area (Å²) in [7, 11) is 0. The Balaban J connectivity index is 2.92. The topological polar surface area (TPSA) is 110 Å². The third-order valence-corrected chi connectivity index (χ3v) is 3.08. The highest BCUT2D eigenvalue weighted by Crippen LogP contribution is 2.14. The Hall–Kier alpha value is -2.44. The first-order valence-corrected chi connectivity index (χ1v) is 6.15. The first-order valence-electron chi connectivity index (χ1n) is 6.15. The largest absolute Gasteiger partial charge is 0.480 e. The number of amides is 1. The summed E-state index contributed by atoms with van der Waals surface area (Å²) in [5, 5.41) is 22.1. The molecule has 0 radical (unpaired) electrons. The van der Waals surface area contributed by atoms with Crippen molar-refractivity contribution < 1.29 is 19.6 Å². The number of carboxylic acid groups (broad SMARTS) is 1. The van der Waals surface area contributed by atoms with Crippen molar-refractivity contribution >= 4 is 17.6 Å². The average molecular weight is 280 g/mol. The number of carbonyl (C=O) groups excluding carboxylic acids is 1. The molecule has 1 rings (SSSR count). The summed E-state index contributed by atoms with van der Waals surface area (Å²) in [5.74, 6) is -2.00. The van der Waals surface area contributed by atoms with Gasteiger partial charge in [0.2, 0.25) is 0 Å². The molecule has 108 valence electrons. The summed E-state index contributed by atoms with van der Waals surface area (Å²) < 4.78 is 0. The lowest BCUT2D eigenvalue weighted by molar-refractivity contribution is -0.384. The van der Waals surface area contributed by atoms with Crippen LogP contribution < -0.4 is 5.32 Å². The van der Waals surface area contributed by atoms with Gasteiger partial charge < -0.3 is 10.4 Å². The van der Waals surface area contributed by atoms with Gasteiger partial charge in [0, 0.05) is 17.7 Å². The number of hydrogen-bond donors (Lipinski definition) is 2. The van der Waals surface area contributed by atoms with Gasteiger partial charge in [0.15, 0.2) is 0 Å². The summed E-state index contributed by atoms with van der Waals surface area (Å²) in [5.41, 5.74) is -0.151. The maximum atomic E-state index is 12.0. The molecule has 0 aromatic heterocycles. The van der Waals surface area contributed by atoms with Gasteiger partial charge in [0.1, 0.15) is 6.04 Å². The fourth-order valence-corrected chi connectivity index (χ4v) is 1.67. The number of benzene rings is 1. The van der Waals surface area contributed by atoms with E-state index in [2.05, 4.69) is 5.32 Å². The molecule has 7 heteroatoms. The second-order valence-corrected chi connectivity index (χ2v) is 4.48. The van der Waals surface area contributed by atoms with Crippen LogP contribution in [0.15, 0.2) is 24.3 Å². The molecule has 0 saturated heterocycles. The van der Waals surface area contributed by atoms with E-state index >= 15 is 0 Å². The zero-order valence-electron chi connectivity index (χ0n) is 11.2. The molecule has 0 bridgehead atoms. The normalized spacial score (nSPS) is 13.3.